The second-order valence-electron chi connectivity index (χ2n) is 3.99. The Morgan fingerprint density at radius 2 is 2.17 bits per heavy atom. The Labute approximate surface area is 110 Å². The maximum absolute atomic E-state index is 12.2. The molecule has 4 nitrogen and oxygen atoms in total. The number of nitrogens with zero attached hydrogens (tertiary/aromatic N) is 2. The fourth-order valence-corrected chi connectivity index (χ4v) is 2.29. The van der Waals surface area contributed by atoms with Gasteiger partial charge in [0.2, 0.25) is 11.0 Å². The van der Waals surface area contributed by atoms with Crippen molar-refractivity contribution in [1.82, 2.24) is 10.2 Å². The van der Waals surface area contributed by atoms with Gasteiger partial charge in [-0.15, -0.1) is 10.2 Å². The molecule has 0 saturated heterocycles. The van der Waals surface area contributed by atoms with Gasteiger partial charge in [-0.05, 0) is 12.0 Å². The van der Waals surface area contributed by atoms with Crippen LogP contribution in [0.5, 0.6) is 0 Å². The van der Waals surface area contributed by atoms with Gasteiger partial charge in [0.1, 0.15) is 5.51 Å². The van der Waals surface area contributed by atoms with Crippen LogP contribution in [0.4, 0.5) is 5.13 Å². The van der Waals surface area contributed by atoms with Crippen molar-refractivity contribution in [3.8, 4) is 0 Å². The lowest BCUT2D eigenvalue weighted by Crippen LogP contribution is -2.21. The molecule has 94 valence electrons. The zero-order valence-electron chi connectivity index (χ0n) is 10.2. The van der Waals surface area contributed by atoms with Gasteiger partial charge in [0, 0.05) is 0 Å². The van der Waals surface area contributed by atoms with Crippen molar-refractivity contribution in [3.63, 3.8) is 0 Å². The van der Waals surface area contributed by atoms with Gasteiger partial charge in [-0.25, -0.2) is 0 Å². The van der Waals surface area contributed by atoms with Crippen molar-refractivity contribution < 1.29 is 4.79 Å². The summed E-state index contributed by atoms with van der Waals surface area (Å²) in [5, 5.41) is 10.9. The minimum absolute atomic E-state index is 0.0141. The van der Waals surface area contributed by atoms with Crippen LogP contribution in [0.25, 0.3) is 0 Å². The lowest BCUT2D eigenvalue weighted by Gasteiger charge is -2.15. The largest absolute Gasteiger partial charge is 0.300 e. The molecular formula is C13H15N3OS. The van der Waals surface area contributed by atoms with E-state index in [1.807, 2.05) is 30.3 Å². The van der Waals surface area contributed by atoms with E-state index >= 15 is 0 Å². The number of aromatic nitrogens is 2. The summed E-state index contributed by atoms with van der Waals surface area (Å²) in [6, 6.07) is 9.83. The molecule has 2 aromatic rings. The number of hydrogen-bond donors (Lipinski definition) is 1. The Morgan fingerprint density at radius 1 is 1.39 bits per heavy atom. The number of nitrogens with one attached hydrogen (secondary N) is 1. The minimum atomic E-state index is -0.125. The molecule has 0 radical (unpaired) electrons. The summed E-state index contributed by atoms with van der Waals surface area (Å²) < 4.78 is 0. The van der Waals surface area contributed by atoms with Crippen molar-refractivity contribution >= 4 is 22.4 Å². The summed E-state index contributed by atoms with van der Waals surface area (Å²) in [4.78, 5) is 12.2. The monoisotopic (exact) mass is 261 g/mol. The van der Waals surface area contributed by atoms with Crippen LogP contribution in [0, 0.1) is 0 Å². The van der Waals surface area contributed by atoms with E-state index in [-0.39, 0.29) is 11.8 Å². The zero-order chi connectivity index (χ0) is 12.8. The van der Waals surface area contributed by atoms with E-state index in [4.69, 9.17) is 0 Å². The quantitative estimate of drug-likeness (QED) is 0.900. The first kappa shape index (κ1) is 12.7. The van der Waals surface area contributed by atoms with Crippen molar-refractivity contribution in [1.29, 1.82) is 0 Å². The lowest BCUT2D eigenvalue weighted by molar-refractivity contribution is -0.117. The fourth-order valence-electron chi connectivity index (χ4n) is 1.84. The number of benzene rings is 1. The normalized spacial score (nSPS) is 12.1. The molecule has 0 aliphatic carbocycles. The Kier molecular flexibility index (Phi) is 4.41. The van der Waals surface area contributed by atoms with Gasteiger partial charge in [0.15, 0.2) is 0 Å². The molecule has 5 heteroatoms. The first-order valence-corrected chi connectivity index (χ1v) is 6.81. The molecule has 2 rings (SSSR count). The molecule has 0 fully saturated rings. The van der Waals surface area contributed by atoms with Crippen molar-refractivity contribution in [2.75, 3.05) is 5.32 Å². The molecule has 0 bridgehead atoms. The van der Waals surface area contributed by atoms with Crippen LogP contribution in [-0.2, 0) is 4.79 Å². The van der Waals surface area contributed by atoms with Crippen molar-refractivity contribution in [3.05, 3.63) is 41.4 Å². The molecule has 1 aromatic heterocycles. The van der Waals surface area contributed by atoms with E-state index in [9.17, 15) is 4.79 Å². The third-order valence-corrected chi connectivity index (χ3v) is 3.29. The highest BCUT2D eigenvalue weighted by molar-refractivity contribution is 7.13. The molecule has 1 heterocycles. The maximum Gasteiger partial charge on any atom is 0.233 e. The van der Waals surface area contributed by atoms with E-state index in [2.05, 4.69) is 22.4 Å². The molecule has 0 aliphatic heterocycles. The number of amides is 1. The van der Waals surface area contributed by atoms with Crippen LogP contribution >= 0.6 is 11.3 Å². The Hall–Kier alpha value is -1.75. The molecule has 0 unspecified atom stereocenters. The van der Waals surface area contributed by atoms with Gasteiger partial charge in [-0.1, -0.05) is 55.0 Å². The molecule has 1 N–H and O–H groups in total. The van der Waals surface area contributed by atoms with Gasteiger partial charge in [0.05, 0.1) is 5.92 Å². The molecule has 18 heavy (non-hydrogen) atoms. The predicted octanol–water partition coefficient (Wildman–Crippen LogP) is 3.06. The molecule has 0 spiro atoms. The second kappa shape index (κ2) is 6.26. The summed E-state index contributed by atoms with van der Waals surface area (Å²) in [6.45, 7) is 2.08. The average Bonchev–Trinajstić information content (AvgIpc) is 2.89. The van der Waals surface area contributed by atoms with Crippen LogP contribution in [0.1, 0.15) is 31.2 Å². The smallest absolute Gasteiger partial charge is 0.233 e. The summed E-state index contributed by atoms with van der Waals surface area (Å²) in [7, 11) is 0. The number of hydrogen-bond acceptors (Lipinski definition) is 4. The lowest BCUT2D eigenvalue weighted by atomic mass is 9.94. The molecule has 1 amide bonds. The van der Waals surface area contributed by atoms with Crippen molar-refractivity contribution in [2.24, 2.45) is 0 Å². The highest BCUT2D eigenvalue weighted by Crippen LogP contribution is 2.23. The van der Waals surface area contributed by atoms with Crippen molar-refractivity contribution in [2.45, 2.75) is 25.7 Å². The van der Waals surface area contributed by atoms with Crippen LogP contribution in [-0.4, -0.2) is 16.1 Å². The van der Waals surface area contributed by atoms with Crippen LogP contribution in [0.15, 0.2) is 35.8 Å². The van der Waals surface area contributed by atoms with Crippen LogP contribution in [0.3, 0.4) is 0 Å². The fraction of sp³-hybridized carbons (Fsp3) is 0.308. The third-order valence-electron chi connectivity index (χ3n) is 2.69. The summed E-state index contributed by atoms with van der Waals surface area (Å²) in [6.07, 6.45) is 1.79. The molecule has 1 aromatic carbocycles. The number of carbonyl (C=O) groups is 1. The van der Waals surface area contributed by atoms with E-state index in [0.29, 0.717) is 5.13 Å². The SMILES string of the molecule is CCC[C@@H](C(=O)Nc1nncs1)c1ccccc1. The molecule has 1 atom stereocenters. The van der Waals surface area contributed by atoms with Gasteiger partial charge >= 0.3 is 0 Å². The molecule has 0 saturated carbocycles. The average molecular weight is 261 g/mol. The highest BCUT2D eigenvalue weighted by Gasteiger charge is 2.20. The van der Waals surface area contributed by atoms with Gasteiger partial charge in [-0.3, -0.25) is 10.1 Å². The first-order valence-electron chi connectivity index (χ1n) is 5.93. The summed E-state index contributed by atoms with van der Waals surface area (Å²) in [5.41, 5.74) is 2.65. The maximum atomic E-state index is 12.2. The van der Waals surface area contributed by atoms with Gasteiger partial charge in [-0.2, -0.15) is 0 Å². The number of anilines is 1. The zero-order valence-corrected chi connectivity index (χ0v) is 11.0. The summed E-state index contributed by atoms with van der Waals surface area (Å²) >= 11 is 1.33. The first-order chi connectivity index (χ1) is 8.81. The topological polar surface area (TPSA) is 54.9 Å². The Balaban J connectivity index is 2.12. The number of carbonyl (C=O) groups excluding carboxylic acids is 1. The standard InChI is InChI=1S/C13H15N3OS/c1-2-6-11(10-7-4-3-5-8-10)12(17)15-13-16-14-9-18-13/h3-5,7-9,11H,2,6H2,1H3,(H,15,16,17)/t11-/m1/s1. The van der Waals surface area contributed by atoms with Crippen LogP contribution in [0.2, 0.25) is 0 Å². The molecular weight excluding hydrogens is 246 g/mol. The van der Waals surface area contributed by atoms with Gasteiger partial charge < -0.3 is 0 Å². The second-order valence-corrected chi connectivity index (χ2v) is 4.82. The van der Waals surface area contributed by atoms with E-state index < -0.39 is 0 Å². The Bertz CT molecular complexity index is 484. The van der Waals surface area contributed by atoms with E-state index in [1.54, 1.807) is 5.51 Å². The van der Waals surface area contributed by atoms with Crippen LogP contribution < -0.4 is 5.32 Å². The van der Waals surface area contributed by atoms with E-state index in [0.717, 1.165) is 18.4 Å². The molecule has 0 aliphatic rings. The highest BCUT2D eigenvalue weighted by atomic mass is 32.1. The van der Waals surface area contributed by atoms with Gasteiger partial charge in [0.25, 0.3) is 0 Å². The minimum Gasteiger partial charge on any atom is -0.300 e. The summed E-state index contributed by atoms with van der Waals surface area (Å²) in [5.74, 6) is -0.139. The number of rotatable bonds is 5. The predicted molar refractivity (Wildman–Crippen MR) is 72.6 cm³/mol. The van der Waals surface area contributed by atoms with E-state index in [1.165, 1.54) is 11.3 Å². The Morgan fingerprint density at radius 3 is 2.78 bits per heavy atom. The third kappa shape index (κ3) is 3.13.